The topological polar surface area (TPSA) is 3.24 Å². The number of hydrogen-bond donors (Lipinski definition) is 0. The number of nitrogens with zero attached hydrogens (tertiary/aromatic N) is 1. The number of para-hydroxylation sites is 1. The van der Waals surface area contributed by atoms with Crippen LogP contribution in [0.15, 0.2) is 60.2 Å². The van der Waals surface area contributed by atoms with E-state index in [4.69, 9.17) is 0 Å². The molecule has 1 aliphatic carbocycles. The van der Waals surface area contributed by atoms with Gasteiger partial charge in [0, 0.05) is 19.3 Å². The Hall–Kier alpha value is -2.02. The summed E-state index contributed by atoms with van der Waals surface area (Å²) in [6.07, 6.45) is 4.71. The minimum atomic E-state index is 1.01. The molecular formula is C18H19N. The van der Waals surface area contributed by atoms with Gasteiger partial charge in [-0.25, -0.2) is 0 Å². The van der Waals surface area contributed by atoms with Gasteiger partial charge in [0.2, 0.25) is 0 Å². The quantitative estimate of drug-likeness (QED) is 0.789. The van der Waals surface area contributed by atoms with Crippen molar-refractivity contribution in [3.8, 4) is 0 Å². The Morgan fingerprint density at radius 3 is 2.47 bits per heavy atom. The van der Waals surface area contributed by atoms with Crippen LogP contribution in [0.1, 0.15) is 17.5 Å². The first-order valence-electron chi connectivity index (χ1n) is 6.86. The van der Waals surface area contributed by atoms with Crippen LogP contribution in [-0.2, 0) is 6.42 Å². The van der Waals surface area contributed by atoms with E-state index in [2.05, 4.69) is 72.6 Å². The third-order valence-electron chi connectivity index (χ3n) is 3.77. The molecule has 2 aromatic rings. The maximum absolute atomic E-state index is 2.36. The van der Waals surface area contributed by atoms with E-state index in [9.17, 15) is 0 Å². The SMILES string of the molecule is CN(CC1=Cc2ccccc2CC1)c1ccccc1. The molecule has 96 valence electrons. The monoisotopic (exact) mass is 249 g/mol. The standard InChI is InChI=1S/C18H19N/c1-19(18-9-3-2-4-10-18)14-15-11-12-16-7-5-6-8-17(16)13-15/h2-10,13H,11-12,14H2,1H3. The molecule has 0 amide bonds. The first-order chi connectivity index (χ1) is 9.33. The summed E-state index contributed by atoms with van der Waals surface area (Å²) in [5.74, 6) is 0. The smallest absolute Gasteiger partial charge is 0.0389 e. The van der Waals surface area contributed by atoms with Crippen molar-refractivity contribution in [2.75, 3.05) is 18.5 Å². The van der Waals surface area contributed by atoms with E-state index < -0.39 is 0 Å². The Kier molecular flexibility index (Phi) is 3.37. The largest absolute Gasteiger partial charge is 0.371 e. The molecule has 0 atom stereocenters. The van der Waals surface area contributed by atoms with E-state index in [-0.39, 0.29) is 0 Å². The molecule has 0 fully saturated rings. The summed E-state index contributed by atoms with van der Waals surface area (Å²) >= 11 is 0. The zero-order valence-corrected chi connectivity index (χ0v) is 11.3. The molecule has 0 aliphatic heterocycles. The Morgan fingerprint density at radius 2 is 1.63 bits per heavy atom. The van der Waals surface area contributed by atoms with Crippen LogP contribution in [0, 0.1) is 0 Å². The van der Waals surface area contributed by atoms with Crippen molar-refractivity contribution in [3.05, 3.63) is 71.3 Å². The van der Waals surface area contributed by atoms with Gasteiger partial charge in [-0.05, 0) is 36.1 Å². The third kappa shape index (κ3) is 2.70. The van der Waals surface area contributed by atoms with E-state index in [1.165, 1.54) is 35.2 Å². The van der Waals surface area contributed by atoms with Gasteiger partial charge >= 0.3 is 0 Å². The van der Waals surface area contributed by atoms with Crippen LogP contribution in [0.5, 0.6) is 0 Å². The lowest BCUT2D eigenvalue weighted by molar-refractivity contribution is 0.861. The number of fused-ring (bicyclic) bond motifs is 1. The molecule has 0 saturated carbocycles. The van der Waals surface area contributed by atoms with Gasteiger partial charge in [0.05, 0.1) is 0 Å². The molecule has 1 heteroatoms. The van der Waals surface area contributed by atoms with Gasteiger partial charge in [-0.1, -0.05) is 54.1 Å². The van der Waals surface area contributed by atoms with Gasteiger partial charge in [-0.3, -0.25) is 0 Å². The molecule has 0 heterocycles. The van der Waals surface area contributed by atoms with Crippen molar-refractivity contribution in [1.29, 1.82) is 0 Å². The molecule has 0 bridgehead atoms. The van der Waals surface area contributed by atoms with Crippen LogP contribution in [0.2, 0.25) is 0 Å². The molecule has 0 saturated heterocycles. The number of anilines is 1. The van der Waals surface area contributed by atoms with Crippen LogP contribution in [0.25, 0.3) is 6.08 Å². The van der Waals surface area contributed by atoms with E-state index >= 15 is 0 Å². The summed E-state index contributed by atoms with van der Waals surface area (Å²) in [6, 6.07) is 19.3. The van der Waals surface area contributed by atoms with Crippen LogP contribution >= 0.6 is 0 Å². The Balaban J connectivity index is 1.77. The van der Waals surface area contributed by atoms with E-state index in [1.54, 1.807) is 0 Å². The van der Waals surface area contributed by atoms with Crippen LogP contribution in [0.3, 0.4) is 0 Å². The Labute approximate surface area is 115 Å². The maximum atomic E-state index is 2.36. The third-order valence-corrected chi connectivity index (χ3v) is 3.77. The first-order valence-corrected chi connectivity index (χ1v) is 6.86. The van der Waals surface area contributed by atoms with Gasteiger partial charge in [0.25, 0.3) is 0 Å². The highest BCUT2D eigenvalue weighted by atomic mass is 15.1. The zero-order chi connectivity index (χ0) is 13.1. The predicted octanol–water partition coefficient (Wildman–Crippen LogP) is 4.15. The molecule has 1 nitrogen and oxygen atoms in total. The van der Waals surface area contributed by atoms with Crippen molar-refractivity contribution in [2.24, 2.45) is 0 Å². The van der Waals surface area contributed by atoms with Gasteiger partial charge in [0.15, 0.2) is 0 Å². The van der Waals surface area contributed by atoms with E-state index in [0.29, 0.717) is 0 Å². The minimum absolute atomic E-state index is 1.01. The van der Waals surface area contributed by atoms with Gasteiger partial charge in [-0.2, -0.15) is 0 Å². The van der Waals surface area contributed by atoms with Crippen molar-refractivity contribution in [2.45, 2.75) is 12.8 Å². The van der Waals surface area contributed by atoms with Crippen LogP contribution in [0.4, 0.5) is 5.69 Å². The van der Waals surface area contributed by atoms with Crippen molar-refractivity contribution >= 4 is 11.8 Å². The molecule has 0 aromatic heterocycles. The Morgan fingerprint density at radius 1 is 0.895 bits per heavy atom. The second kappa shape index (κ2) is 5.31. The van der Waals surface area contributed by atoms with Crippen molar-refractivity contribution < 1.29 is 0 Å². The van der Waals surface area contributed by atoms with Crippen molar-refractivity contribution in [1.82, 2.24) is 0 Å². The summed E-state index contributed by atoms with van der Waals surface area (Å²) in [4.78, 5) is 2.32. The zero-order valence-electron chi connectivity index (χ0n) is 11.3. The molecule has 0 radical (unpaired) electrons. The molecule has 1 aliphatic rings. The molecule has 0 N–H and O–H groups in total. The second-order valence-corrected chi connectivity index (χ2v) is 5.19. The second-order valence-electron chi connectivity index (χ2n) is 5.19. The Bertz CT molecular complexity index is 584. The van der Waals surface area contributed by atoms with E-state index in [0.717, 1.165) is 6.54 Å². The highest BCUT2D eigenvalue weighted by Crippen LogP contribution is 2.25. The predicted molar refractivity (Wildman–Crippen MR) is 82.5 cm³/mol. The summed E-state index contributed by atoms with van der Waals surface area (Å²) in [5, 5.41) is 0. The highest BCUT2D eigenvalue weighted by molar-refractivity contribution is 5.61. The molecule has 0 spiro atoms. The lowest BCUT2D eigenvalue weighted by Gasteiger charge is -2.24. The normalized spacial score (nSPS) is 13.6. The fourth-order valence-electron chi connectivity index (χ4n) is 2.69. The first kappa shape index (κ1) is 12.0. The maximum Gasteiger partial charge on any atom is 0.0389 e. The average Bonchev–Trinajstić information content (AvgIpc) is 2.48. The number of aryl methyl sites for hydroxylation is 1. The summed E-state index contributed by atoms with van der Waals surface area (Å²) in [6.45, 7) is 1.01. The molecule has 19 heavy (non-hydrogen) atoms. The average molecular weight is 249 g/mol. The van der Waals surface area contributed by atoms with E-state index in [1.807, 2.05) is 0 Å². The van der Waals surface area contributed by atoms with Crippen LogP contribution < -0.4 is 4.90 Å². The molecular weight excluding hydrogens is 230 g/mol. The summed E-state index contributed by atoms with van der Waals surface area (Å²) in [5.41, 5.74) is 5.67. The molecule has 3 rings (SSSR count). The summed E-state index contributed by atoms with van der Waals surface area (Å²) < 4.78 is 0. The van der Waals surface area contributed by atoms with Gasteiger partial charge in [-0.15, -0.1) is 0 Å². The fraction of sp³-hybridized carbons (Fsp3) is 0.222. The number of likely N-dealkylation sites (N-methyl/N-ethyl adjacent to an activating group) is 1. The molecule has 0 unspecified atom stereocenters. The van der Waals surface area contributed by atoms with Crippen molar-refractivity contribution in [3.63, 3.8) is 0 Å². The summed E-state index contributed by atoms with van der Waals surface area (Å²) in [7, 11) is 2.16. The lowest BCUT2D eigenvalue weighted by atomic mass is 9.92. The fourth-order valence-corrected chi connectivity index (χ4v) is 2.69. The van der Waals surface area contributed by atoms with Gasteiger partial charge < -0.3 is 4.90 Å². The highest BCUT2D eigenvalue weighted by Gasteiger charge is 2.11. The number of rotatable bonds is 3. The minimum Gasteiger partial charge on any atom is -0.371 e. The lowest BCUT2D eigenvalue weighted by Crippen LogP contribution is -2.21. The number of benzene rings is 2. The number of hydrogen-bond acceptors (Lipinski definition) is 1. The van der Waals surface area contributed by atoms with Crippen LogP contribution in [-0.4, -0.2) is 13.6 Å². The molecule has 2 aromatic carbocycles. The van der Waals surface area contributed by atoms with Gasteiger partial charge in [0.1, 0.15) is 0 Å².